The molecule has 6 heteroatoms. The number of carbonyl (C=O) groups is 1. The van der Waals surface area contributed by atoms with Gasteiger partial charge in [-0.25, -0.2) is 4.39 Å². The lowest BCUT2D eigenvalue weighted by atomic mass is 9.95. The zero-order chi connectivity index (χ0) is 16.7. The van der Waals surface area contributed by atoms with Gasteiger partial charge in [0.25, 0.3) is 0 Å². The van der Waals surface area contributed by atoms with Crippen LogP contribution >= 0.6 is 0 Å². The van der Waals surface area contributed by atoms with Crippen molar-refractivity contribution >= 4 is 33.2 Å². The Kier molecular flexibility index (Phi) is 4.55. The second-order valence-electron chi connectivity index (χ2n) is 7.68. The highest BCUT2D eigenvalue weighted by Crippen LogP contribution is 2.44. The SMILES string of the molecule is Bc1ccc(N2C[C@H](CC(C)(C)[Si](C)(C)O)CC2=O)c(F)c1. The number of amides is 1. The van der Waals surface area contributed by atoms with Crippen LogP contribution in [-0.4, -0.2) is 33.4 Å². The molecule has 22 heavy (non-hydrogen) atoms. The van der Waals surface area contributed by atoms with Crippen molar-refractivity contribution in [1.29, 1.82) is 0 Å². The molecule has 120 valence electrons. The van der Waals surface area contributed by atoms with Crippen LogP contribution in [0.15, 0.2) is 18.2 Å². The lowest BCUT2D eigenvalue weighted by Crippen LogP contribution is -2.40. The molecular formula is C16H25BFNO2Si. The summed E-state index contributed by atoms with van der Waals surface area (Å²) < 4.78 is 14.1. The fourth-order valence-corrected chi connectivity index (χ4v) is 3.74. The van der Waals surface area contributed by atoms with Gasteiger partial charge in [-0.2, -0.15) is 0 Å². The number of halogens is 1. The molecule has 1 aromatic rings. The monoisotopic (exact) mass is 321 g/mol. The summed E-state index contributed by atoms with van der Waals surface area (Å²) in [6.07, 6.45) is 1.22. The minimum atomic E-state index is -2.30. The van der Waals surface area contributed by atoms with Gasteiger partial charge in [-0.3, -0.25) is 4.79 Å². The minimum absolute atomic E-state index is 0.0269. The van der Waals surface area contributed by atoms with Gasteiger partial charge in [0.15, 0.2) is 8.32 Å². The molecule has 1 N–H and O–H groups in total. The van der Waals surface area contributed by atoms with Gasteiger partial charge < -0.3 is 9.70 Å². The molecule has 1 aliphatic heterocycles. The molecule has 0 unspecified atom stereocenters. The standard InChI is InChI=1S/C16H25BFNO2Si/c1-16(2,22(3,4)21)9-11-7-15(20)19(10-11)14-6-5-12(17)8-13(14)18/h5-6,8,11,21H,7,9-10,17H2,1-4H3/t11-/m0/s1. The van der Waals surface area contributed by atoms with Crippen LogP contribution in [0.4, 0.5) is 10.1 Å². The van der Waals surface area contributed by atoms with E-state index < -0.39 is 8.32 Å². The van der Waals surface area contributed by atoms with E-state index in [2.05, 4.69) is 13.8 Å². The smallest absolute Gasteiger partial charge is 0.227 e. The highest BCUT2D eigenvalue weighted by Gasteiger charge is 2.42. The molecule has 0 aliphatic carbocycles. The fourth-order valence-electron chi connectivity index (χ4n) is 2.95. The Labute approximate surface area is 134 Å². The number of anilines is 1. The second-order valence-corrected chi connectivity index (χ2v) is 12.1. The second kappa shape index (κ2) is 5.81. The average molecular weight is 321 g/mol. The third-order valence-electron chi connectivity index (χ3n) is 5.05. The first-order chi connectivity index (χ1) is 10.0. The van der Waals surface area contributed by atoms with Gasteiger partial charge in [0.1, 0.15) is 13.7 Å². The number of carbonyl (C=O) groups excluding carboxylic acids is 1. The van der Waals surface area contributed by atoms with Gasteiger partial charge in [-0.05, 0) is 42.6 Å². The van der Waals surface area contributed by atoms with E-state index in [0.717, 1.165) is 11.9 Å². The van der Waals surface area contributed by atoms with E-state index in [0.29, 0.717) is 18.7 Å². The number of hydrogen-bond donors (Lipinski definition) is 1. The largest absolute Gasteiger partial charge is 0.432 e. The van der Waals surface area contributed by atoms with Crippen LogP contribution in [-0.2, 0) is 4.79 Å². The van der Waals surface area contributed by atoms with Crippen molar-refractivity contribution in [3.63, 3.8) is 0 Å². The first-order valence-electron chi connectivity index (χ1n) is 7.80. The summed E-state index contributed by atoms with van der Waals surface area (Å²) in [7, 11) is -0.467. The fraction of sp³-hybridized carbons (Fsp3) is 0.562. The van der Waals surface area contributed by atoms with Gasteiger partial charge in [0.05, 0.1) is 5.69 Å². The van der Waals surface area contributed by atoms with Crippen LogP contribution in [0.1, 0.15) is 26.7 Å². The van der Waals surface area contributed by atoms with Crippen LogP contribution in [0, 0.1) is 11.7 Å². The molecule has 2 rings (SSSR count). The summed E-state index contributed by atoms with van der Waals surface area (Å²) in [6, 6.07) is 4.97. The molecule has 1 saturated heterocycles. The molecule has 3 nitrogen and oxygen atoms in total. The summed E-state index contributed by atoms with van der Waals surface area (Å²) in [4.78, 5) is 24.2. The van der Waals surface area contributed by atoms with Gasteiger partial charge in [-0.15, -0.1) is 0 Å². The predicted octanol–water partition coefficient (Wildman–Crippen LogP) is 1.80. The molecule has 0 saturated carbocycles. The van der Waals surface area contributed by atoms with E-state index in [1.807, 2.05) is 27.0 Å². The lowest BCUT2D eigenvalue weighted by molar-refractivity contribution is -0.117. The van der Waals surface area contributed by atoms with E-state index in [9.17, 15) is 14.0 Å². The zero-order valence-corrected chi connectivity index (χ0v) is 15.1. The number of nitrogens with zero attached hydrogens (tertiary/aromatic N) is 1. The van der Waals surface area contributed by atoms with E-state index in [1.165, 1.54) is 6.07 Å². The first-order valence-corrected chi connectivity index (χ1v) is 10.7. The molecule has 1 aromatic carbocycles. The zero-order valence-electron chi connectivity index (χ0n) is 14.1. The van der Waals surface area contributed by atoms with Crippen molar-refractivity contribution in [1.82, 2.24) is 0 Å². The van der Waals surface area contributed by atoms with Crippen molar-refractivity contribution < 1.29 is 14.0 Å². The van der Waals surface area contributed by atoms with Crippen LogP contribution in [0.5, 0.6) is 0 Å². The lowest BCUT2D eigenvalue weighted by Gasteiger charge is -2.36. The molecule has 0 bridgehead atoms. The Morgan fingerprint density at radius 2 is 2.09 bits per heavy atom. The summed E-state index contributed by atoms with van der Waals surface area (Å²) in [6.45, 7) is 8.53. The minimum Gasteiger partial charge on any atom is -0.432 e. The van der Waals surface area contributed by atoms with Crippen molar-refractivity contribution in [2.75, 3.05) is 11.4 Å². The van der Waals surface area contributed by atoms with E-state index in [1.54, 1.807) is 11.0 Å². The molecular weight excluding hydrogens is 296 g/mol. The van der Waals surface area contributed by atoms with Crippen LogP contribution in [0.2, 0.25) is 18.1 Å². The van der Waals surface area contributed by atoms with Gasteiger partial charge >= 0.3 is 0 Å². The highest BCUT2D eigenvalue weighted by atomic mass is 28.4. The van der Waals surface area contributed by atoms with Crippen molar-refractivity contribution in [2.45, 2.75) is 44.8 Å². The number of rotatable bonds is 4. The summed E-state index contributed by atoms with van der Waals surface area (Å²) in [5.41, 5.74) is 1.22. The quantitative estimate of drug-likeness (QED) is 0.859. The molecule has 1 atom stereocenters. The third-order valence-corrected chi connectivity index (χ3v) is 8.57. The van der Waals surface area contributed by atoms with Crippen LogP contribution < -0.4 is 10.4 Å². The van der Waals surface area contributed by atoms with Crippen molar-refractivity contribution in [3.05, 3.63) is 24.0 Å². The van der Waals surface area contributed by atoms with Gasteiger partial charge in [0.2, 0.25) is 5.91 Å². The van der Waals surface area contributed by atoms with E-state index >= 15 is 0 Å². The molecule has 1 heterocycles. The van der Waals surface area contributed by atoms with Crippen molar-refractivity contribution in [3.8, 4) is 0 Å². The van der Waals surface area contributed by atoms with Gasteiger partial charge in [0, 0.05) is 13.0 Å². The van der Waals surface area contributed by atoms with Crippen molar-refractivity contribution in [2.24, 2.45) is 5.92 Å². The maximum Gasteiger partial charge on any atom is 0.227 e. The third kappa shape index (κ3) is 3.43. The normalized spacial score (nSPS) is 19.8. The maximum absolute atomic E-state index is 14.1. The summed E-state index contributed by atoms with van der Waals surface area (Å²) in [5, 5.41) is -0.167. The Bertz CT molecular complexity index is 586. The number of benzene rings is 1. The van der Waals surface area contributed by atoms with Crippen LogP contribution in [0.3, 0.4) is 0 Å². The Morgan fingerprint density at radius 1 is 1.45 bits per heavy atom. The van der Waals surface area contributed by atoms with Gasteiger partial charge in [-0.1, -0.05) is 25.4 Å². The predicted molar refractivity (Wildman–Crippen MR) is 93.4 cm³/mol. The van der Waals surface area contributed by atoms with Crippen LogP contribution in [0.25, 0.3) is 0 Å². The Hall–Kier alpha value is -1.14. The molecule has 0 radical (unpaired) electrons. The average Bonchev–Trinajstić information content (AvgIpc) is 2.67. The molecule has 0 spiro atoms. The maximum atomic E-state index is 14.1. The number of hydrogen-bond acceptors (Lipinski definition) is 2. The highest BCUT2D eigenvalue weighted by molar-refractivity contribution is 6.72. The first kappa shape index (κ1) is 17.2. The Morgan fingerprint density at radius 3 is 2.64 bits per heavy atom. The van der Waals surface area contributed by atoms with E-state index in [-0.39, 0.29) is 22.7 Å². The molecule has 0 aromatic heterocycles. The Balaban J connectivity index is 2.15. The van der Waals surface area contributed by atoms with E-state index in [4.69, 9.17) is 0 Å². The molecule has 1 amide bonds. The molecule has 1 aliphatic rings. The summed E-state index contributed by atoms with van der Waals surface area (Å²) in [5.74, 6) is -0.201. The topological polar surface area (TPSA) is 40.5 Å². The summed E-state index contributed by atoms with van der Waals surface area (Å²) >= 11 is 0. The molecule has 1 fully saturated rings.